The van der Waals surface area contributed by atoms with E-state index in [1.165, 1.54) is 11.3 Å². The molecule has 0 saturated carbocycles. The number of hydrogen-bond donors (Lipinski definition) is 2. The van der Waals surface area contributed by atoms with Gasteiger partial charge in [0.1, 0.15) is 0 Å². The smallest absolute Gasteiger partial charge is 0.267 e. The van der Waals surface area contributed by atoms with Crippen molar-refractivity contribution in [3.8, 4) is 0 Å². The zero-order chi connectivity index (χ0) is 12.4. The van der Waals surface area contributed by atoms with Crippen molar-refractivity contribution in [1.29, 1.82) is 0 Å². The number of rotatable bonds is 2. The Labute approximate surface area is 107 Å². The van der Waals surface area contributed by atoms with Crippen LogP contribution in [0.15, 0.2) is 24.4 Å². The number of thiophene rings is 1. The standard InChI is InChI=1S/C11H10ClN3OS/c1-6-8(13)5-9(17-6)11(16)15-10-7(12)3-2-4-14-10/h2-5H,13H2,1H3,(H,14,15,16). The van der Waals surface area contributed by atoms with Gasteiger partial charge in [-0.2, -0.15) is 0 Å². The van der Waals surface area contributed by atoms with Crippen molar-refractivity contribution in [3.05, 3.63) is 39.2 Å². The van der Waals surface area contributed by atoms with Crippen LogP contribution in [0.4, 0.5) is 11.5 Å². The van der Waals surface area contributed by atoms with Gasteiger partial charge in [-0.25, -0.2) is 4.98 Å². The monoisotopic (exact) mass is 267 g/mol. The van der Waals surface area contributed by atoms with Crippen LogP contribution < -0.4 is 11.1 Å². The van der Waals surface area contributed by atoms with Crippen LogP contribution in [-0.4, -0.2) is 10.9 Å². The van der Waals surface area contributed by atoms with Crippen molar-refractivity contribution in [3.63, 3.8) is 0 Å². The van der Waals surface area contributed by atoms with Crippen molar-refractivity contribution in [1.82, 2.24) is 4.98 Å². The largest absolute Gasteiger partial charge is 0.398 e. The summed E-state index contributed by atoms with van der Waals surface area (Å²) in [7, 11) is 0. The van der Waals surface area contributed by atoms with Gasteiger partial charge < -0.3 is 11.1 Å². The highest BCUT2D eigenvalue weighted by Crippen LogP contribution is 2.25. The average molecular weight is 268 g/mol. The number of aromatic nitrogens is 1. The summed E-state index contributed by atoms with van der Waals surface area (Å²) in [5.74, 6) is 0.0965. The van der Waals surface area contributed by atoms with Crippen molar-refractivity contribution in [2.75, 3.05) is 11.1 Å². The first-order chi connectivity index (χ1) is 8.08. The van der Waals surface area contributed by atoms with E-state index in [0.717, 1.165) is 4.88 Å². The molecule has 0 aliphatic heterocycles. The molecule has 0 atom stereocenters. The van der Waals surface area contributed by atoms with Gasteiger partial charge in [0.25, 0.3) is 5.91 Å². The van der Waals surface area contributed by atoms with E-state index in [1.807, 2.05) is 6.92 Å². The van der Waals surface area contributed by atoms with E-state index in [4.69, 9.17) is 17.3 Å². The molecule has 2 rings (SSSR count). The maximum absolute atomic E-state index is 11.9. The summed E-state index contributed by atoms with van der Waals surface area (Å²) in [6.45, 7) is 1.87. The van der Waals surface area contributed by atoms with Crippen LogP contribution in [0.5, 0.6) is 0 Å². The molecule has 0 aromatic carbocycles. The number of aryl methyl sites for hydroxylation is 1. The van der Waals surface area contributed by atoms with Crippen LogP contribution in [0.3, 0.4) is 0 Å². The van der Waals surface area contributed by atoms with E-state index >= 15 is 0 Å². The van der Waals surface area contributed by atoms with Gasteiger partial charge in [0, 0.05) is 16.8 Å². The molecule has 2 heterocycles. The van der Waals surface area contributed by atoms with Crippen molar-refractivity contribution >= 4 is 40.4 Å². The molecule has 17 heavy (non-hydrogen) atoms. The SMILES string of the molecule is Cc1sc(C(=O)Nc2ncccc2Cl)cc1N. The van der Waals surface area contributed by atoms with Gasteiger partial charge in [0.05, 0.1) is 9.90 Å². The Bertz CT molecular complexity index is 548. The first-order valence-electron chi connectivity index (χ1n) is 4.85. The molecule has 88 valence electrons. The Morgan fingerprint density at radius 2 is 2.35 bits per heavy atom. The Balaban J connectivity index is 2.20. The van der Waals surface area contributed by atoms with Gasteiger partial charge in [0.15, 0.2) is 5.82 Å². The number of hydrogen-bond acceptors (Lipinski definition) is 4. The van der Waals surface area contributed by atoms with E-state index < -0.39 is 0 Å². The summed E-state index contributed by atoms with van der Waals surface area (Å²) in [4.78, 5) is 17.3. The Hall–Kier alpha value is -1.59. The summed E-state index contributed by atoms with van der Waals surface area (Å²) < 4.78 is 0. The van der Waals surface area contributed by atoms with Gasteiger partial charge in [-0.15, -0.1) is 11.3 Å². The van der Waals surface area contributed by atoms with E-state index in [9.17, 15) is 4.79 Å². The number of pyridine rings is 1. The summed E-state index contributed by atoms with van der Waals surface area (Å²) in [6.07, 6.45) is 1.57. The number of nitrogens with zero attached hydrogens (tertiary/aromatic N) is 1. The van der Waals surface area contributed by atoms with E-state index in [1.54, 1.807) is 24.4 Å². The minimum absolute atomic E-state index is 0.254. The average Bonchev–Trinajstić information content (AvgIpc) is 2.63. The number of carbonyl (C=O) groups excluding carboxylic acids is 1. The molecule has 0 spiro atoms. The summed E-state index contributed by atoms with van der Waals surface area (Å²) >= 11 is 7.23. The maximum atomic E-state index is 11.9. The molecule has 0 aliphatic carbocycles. The molecule has 0 aliphatic rings. The summed E-state index contributed by atoms with van der Waals surface area (Å²) in [5, 5.41) is 3.04. The number of nitrogens with two attached hydrogens (primary N) is 1. The highest BCUT2D eigenvalue weighted by molar-refractivity contribution is 7.14. The molecule has 0 unspecified atom stereocenters. The first-order valence-corrected chi connectivity index (χ1v) is 6.05. The van der Waals surface area contributed by atoms with Gasteiger partial charge in [-0.1, -0.05) is 11.6 Å². The fourth-order valence-corrected chi connectivity index (χ4v) is 2.26. The third kappa shape index (κ3) is 2.57. The van der Waals surface area contributed by atoms with Crippen LogP contribution in [0, 0.1) is 6.92 Å². The summed E-state index contributed by atoms with van der Waals surface area (Å²) in [5.41, 5.74) is 6.31. The van der Waals surface area contributed by atoms with E-state index in [2.05, 4.69) is 10.3 Å². The van der Waals surface area contributed by atoms with E-state index in [-0.39, 0.29) is 5.91 Å². The Kier molecular flexibility index (Phi) is 3.31. The molecule has 6 heteroatoms. The van der Waals surface area contributed by atoms with Crippen LogP contribution in [0.2, 0.25) is 5.02 Å². The zero-order valence-electron chi connectivity index (χ0n) is 9.03. The zero-order valence-corrected chi connectivity index (χ0v) is 10.6. The molecule has 4 nitrogen and oxygen atoms in total. The highest BCUT2D eigenvalue weighted by Gasteiger charge is 2.12. The lowest BCUT2D eigenvalue weighted by atomic mass is 10.3. The molecule has 1 amide bonds. The molecule has 0 saturated heterocycles. The molecule has 2 aromatic heterocycles. The van der Waals surface area contributed by atoms with Crippen LogP contribution in [0.25, 0.3) is 0 Å². The molecule has 2 aromatic rings. The number of carbonyl (C=O) groups is 1. The Morgan fingerprint density at radius 3 is 2.94 bits per heavy atom. The topological polar surface area (TPSA) is 68.0 Å². The lowest BCUT2D eigenvalue weighted by molar-refractivity contribution is 0.103. The van der Waals surface area contributed by atoms with E-state index in [0.29, 0.717) is 21.4 Å². The van der Waals surface area contributed by atoms with Gasteiger partial charge in [0.2, 0.25) is 0 Å². The fourth-order valence-electron chi connectivity index (χ4n) is 1.25. The number of nitrogens with one attached hydrogen (secondary N) is 1. The second kappa shape index (κ2) is 4.73. The highest BCUT2D eigenvalue weighted by atomic mass is 35.5. The lowest BCUT2D eigenvalue weighted by Crippen LogP contribution is -2.11. The number of anilines is 2. The predicted octanol–water partition coefficient (Wildman–Crippen LogP) is 2.94. The third-order valence-electron chi connectivity index (χ3n) is 2.17. The minimum Gasteiger partial charge on any atom is -0.398 e. The van der Waals surface area contributed by atoms with Crippen LogP contribution in [-0.2, 0) is 0 Å². The molecular formula is C11H10ClN3OS. The number of halogens is 1. The molecule has 3 N–H and O–H groups in total. The molecular weight excluding hydrogens is 258 g/mol. The van der Waals surface area contributed by atoms with Gasteiger partial charge in [-0.3, -0.25) is 4.79 Å². The van der Waals surface area contributed by atoms with Crippen LogP contribution >= 0.6 is 22.9 Å². The second-order valence-electron chi connectivity index (χ2n) is 3.41. The minimum atomic E-state index is -0.254. The fraction of sp³-hybridized carbons (Fsp3) is 0.0909. The lowest BCUT2D eigenvalue weighted by Gasteiger charge is -2.03. The molecule has 0 fully saturated rings. The van der Waals surface area contributed by atoms with Crippen LogP contribution in [0.1, 0.15) is 14.5 Å². The van der Waals surface area contributed by atoms with Gasteiger partial charge in [-0.05, 0) is 25.1 Å². The molecule has 0 bridgehead atoms. The van der Waals surface area contributed by atoms with Crippen molar-refractivity contribution < 1.29 is 4.79 Å². The quantitative estimate of drug-likeness (QED) is 0.879. The Morgan fingerprint density at radius 1 is 1.59 bits per heavy atom. The third-order valence-corrected chi connectivity index (χ3v) is 3.54. The number of amides is 1. The normalized spacial score (nSPS) is 10.2. The maximum Gasteiger partial charge on any atom is 0.267 e. The van der Waals surface area contributed by atoms with Gasteiger partial charge >= 0.3 is 0 Å². The predicted molar refractivity (Wildman–Crippen MR) is 70.7 cm³/mol. The number of nitrogen functional groups attached to an aromatic ring is 1. The van der Waals surface area contributed by atoms with Crippen molar-refractivity contribution in [2.45, 2.75) is 6.92 Å². The first kappa shape index (κ1) is 11.9. The van der Waals surface area contributed by atoms with Crippen molar-refractivity contribution in [2.24, 2.45) is 0 Å². The molecule has 0 radical (unpaired) electrons. The second-order valence-corrected chi connectivity index (χ2v) is 5.07. The summed E-state index contributed by atoms with van der Waals surface area (Å²) in [6, 6.07) is 5.01.